The maximum atomic E-state index is 12.1. The number of hydrogen-bond donors (Lipinski definition) is 1. The van der Waals surface area contributed by atoms with E-state index < -0.39 is 0 Å². The van der Waals surface area contributed by atoms with Crippen LogP contribution in [0.1, 0.15) is 10.5 Å². The molecule has 2 saturated heterocycles. The summed E-state index contributed by atoms with van der Waals surface area (Å²) >= 11 is 0. The predicted octanol–water partition coefficient (Wildman–Crippen LogP) is -1.05. The maximum absolute atomic E-state index is 12.1. The Morgan fingerprint density at radius 2 is 2.19 bits per heavy atom. The summed E-state index contributed by atoms with van der Waals surface area (Å²) in [6, 6.07) is -0.277. The molecule has 2 amide bonds. The van der Waals surface area contributed by atoms with E-state index >= 15 is 0 Å². The molecular weight excluding hydrogens is 276 g/mol. The van der Waals surface area contributed by atoms with Crippen molar-refractivity contribution in [3.8, 4) is 0 Å². The van der Waals surface area contributed by atoms with Gasteiger partial charge in [0, 0.05) is 13.6 Å². The minimum atomic E-state index is -0.376. The Balaban J connectivity index is 1.58. The van der Waals surface area contributed by atoms with Crippen molar-refractivity contribution in [3.05, 3.63) is 18.4 Å². The summed E-state index contributed by atoms with van der Waals surface area (Å²) in [4.78, 5) is 31.3. The van der Waals surface area contributed by atoms with Gasteiger partial charge in [-0.05, 0) is 7.05 Å². The van der Waals surface area contributed by atoms with E-state index in [2.05, 4.69) is 10.3 Å². The number of amides is 2. The van der Waals surface area contributed by atoms with E-state index in [-0.39, 0.29) is 23.5 Å². The number of likely N-dealkylation sites (tertiary alicyclic amines) is 1. The number of likely N-dealkylation sites (N-methyl/N-ethyl adjacent to an activating group) is 2. The molecule has 3 heterocycles. The monoisotopic (exact) mass is 294 g/mol. The zero-order valence-corrected chi connectivity index (χ0v) is 12.0. The summed E-state index contributed by atoms with van der Waals surface area (Å²) < 4.78 is 10.7. The zero-order valence-electron chi connectivity index (χ0n) is 12.0. The number of nitrogens with zero attached hydrogens (tertiary/aromatic N) is 3. The summed E-state index contributed by atoms with van der Waals surface area (Å²) in [5.41, 5.74) is -0.0733. The molecule has 1 N–H and O–H groups in total. The number of morpholine rings is 1. The number of aromatic nitrogens is 1. The third-order valence-corrected chi connectivity index (χ3v) is 4.06. The van der Waals surface area contributed by atoms with Crippen molar-refractivity contribution >= 4 is 11.8 Å². The molecule has 21 heavy (non-hydrogen) atoms. The molecule has 1 unspecified atom stereocenters. The molecule has 0 aromatic carbocycles. The van der Waals surface area contributed by atoms with Gasteiger partial charge >= 0.3 is 0 Å². The molecule has 2 aliphatic rings. The number of carbonyl (C=O) groups is 2. The Bertz CT molecular complexity index is 538. The summed E-state index contributed by atoms with van der Waals surface area (Å²) in [5.74, 6) is -0.212. The molecule has 1 spiro atoms. The van der Waals surface area contributed by atoms with Crippen molar-refractivity contribution in [1.29, 1.82) is 0 Å². The number of oxazole rings is 1. The first-order valence-corrected chi connectivity index (χ1v) is 6.78. The fraction of sp³-hybridized carbons (Fsp3) is 0.615. The van der Waals surface area contributed by atoms with E-state index in [0.29, 0.717) is 31.9 Å². The van der Waals surface area contributed by atoms with E-state index in [0.717, 1.165) is 0 Å². The normalized spacial score (nSPS) is 24.7. The first-order valence-electron chi connectivity index (χ1n) is 6.78. The third kappa shape index (κ3) is 2.40. The highest BCUT2D eigenvalue weighted by Crippen LogP contribution is 2.31. The van der Waals surface area contributed by atoms with Crippen molar-refractivity contribution in [2.75, 3.05) is 40.3 Å². The van der Waals surface area contributed by atoms with Crippen LogP contribution in [0.2, 0.25) is 0 Å². The molecule has 0 radical (unpaired) electrons. The van der Waals surface area contributed by atoms with Gasteiger partial charge < -0.3 is 19.4 Å². The zero-order chi connectivity index (χ0) is 15.0. The van der Waals surface area contributed by atoms with Crippen LogP contribution < -0.4 is 5.32 Å². The second-order valence-corrected chi connectivity index (χ2v) is 5.57. The van der Waals surface area contributed by atoms with Crippen molar-refractivity contribution in [2.24, 2.45) is 0 Å². The summed E-state index contributed by atoms with van der Waals surface area (Å²) in [5, 5.41) is 2.63. The van der Waals surface area contributed by atoms with Gasteiger partial charge in [-0.15, -0.1) is 0 Å². The van der Waals surface area contributed by atoms with Gasteiger partial charge in [-0.2, -0.15) is 0 Å². The molecule has 8 heteroatoms. The molecule has 0 bridgehead atoms. The summed E-state index contributed by atoms with van der Waals surface area (Å²) in [6.07, 6.45) is 2.57. The molecule has 1 atom stereocenters. The molecule has 2 aliphatic heterocycles. The predicted molar refractivity (Wildman–Crippen MR) is 71.6 cm³/mol. The van der Waals surface area contributed by atoms with Crippen LogP contribution in [0.4, 0.5) is 0 Å². The van der Waals surface area contributed by atoms with E-state index in [9.17, 15) is 9.59 Å². The van der Waals surface area contributed by atoms with Gasteiger partial charge in [0.15, 0.2) is 12.1 Å². The molecule has 1 aromatic rings. The van der Waals surface area contributed by atoms with Crippen molar-refractivity contribution in [1.82, 2.24) is 20.1 Å². The quantitative estimate of drug-likeness (QED) is 0.748. The number of nitrogens with one attached hydrogen (secondary N) is 1. The van der Waals surface area contributed by atoms with Crippen LogP contribution in [-0.4, -0.2) is 78.6 Å². The van der Waals surface area contributed by atoms with Gasteiger partial charge in [0.05, 0.1) is 19.7 Å². The van der Waals surface area contributed by atoms with Crippen LogP contribution in [0, 0.1) is 0 Å². The molecule has 1 aromatic heterocycles. The molecule has 114 valence electrons. The van der Waals surface area contributed by atoms with Crippen LogP contribution in [0.15, 0.2) is 17.1 Å². The largest absolute Gasteiger partial charge is 0.451 e. The van der Waals surface area contributed by atoms with Gasteiger partial charge in [-0.25, -0.2) is 4.98 Å². The molecule has 3 rings (SSSR count). The topological polar surface area (TPSA) is 87.9 Å². The number of hydrogen-bond acceptors (Lipinski definition) is 6. The lowest BCUT2D eigenvalue weighted by atomic mass is 9.90. The SMILES string of the molecule is CNC(=O)C1COC2(CN(C(=O)c3cocn3)C2)CN1C. The number of carbonyl (C=O) groups excluding carboxylic acids is 2. The Morgan fingerprint density at radius 1 is 1.43 bits per heavy atom. The Hall–Kier alpha value is -1.93. The maximum Gasteiger partial charge on any atom is 0.276 e. The molecular formula is C13H18N4O4. The minimum Gasteiger partial charge on any atom is -0.451 e. The fourth-order valence-corrected chi connectivity index (χ4v) is 2.90. The first kappa shape index (κ1) is 14.0. The Morgan fingerprint density at radius 3 is 2.76 bits per heavy atom. The highest BCUT2D eigenvalue weighted by atomic mass is 16.5. The first-order chi connectivity index (χ1) is 10.0. The van der Waals surface area contributed by atoms with Crippen LogP contribution in [-0.2, 0) is 9.53 Å². The Labute approximate surface area is 122 Å². The molecule has 8 nitrogen and oxygen atoms in total. The van der Waals surface area contributed by atoms with Crippen molar-refractivity contribution in [3.63, 3.8) is 0 Å². The number of ether oxygens (including phenoxy) is 1. The Kier molecular flexibility index (Phi) is 3.42. The van der Waals surface area contributed by atoms with Crippen LogP contribution in [0.5, 0.6) is 0 Å². The highest BCUT2D eigenvalue weighted by molar-refractivity contribution is 5.92. The summed E-state index contributed by atoms with van der Waals surface area (Å²) in [7, 11) is 3.51. The van der Waals surface area contributed by atoms with Crippen molar-refractivity contribution < 1.29 is 18.7 Å². The molecule has 0 saturated carbocycles. The molecule has 0 aliphatic carbocycles. The van der Waals surface area contributed by atoms with Crippen molar-refractivity contribution in [2.45, 2.75) is 11.6 Å². The van der Waals surface area contributed by atoms with E-state index in [1.807, 2.05) is 11.9 Å². The third-order valence-electron chi connectivity index (χ3n) is 4.06. The lowest BCUT2D eigenvalue weighted by Crippen LogP contribution is -2.73. The van der Waals surface area contributed by atoms with Gasteiger partial charge in [-0.3, -0.25) is 14.5 Å². The van der Waals surface area contributed by atoms with E-state index in [1.54, 1.807) is 11.9 Å². The van der Waals surface area contributed by atoms with Crippen LogP contribution in [0.3, 0.4) is 0 Å². The van der Waals surface area contributed by atoms with Gasteiger partial charge in [0.1, 0.15) is 17.9 Å². The number of rotatable bonds is 2. The minimum absolute atomic E-state index is 0.0535. The van der Waals surface area contributed by atoms with Gasteiger partial charge in [-0.1, -0.05) is 0 Å². The second-order valence-electron chi connectivity index (χ2n) is 5.57. The smallest absolute Gasteiger partial charge is 0.276 e. The van der Waals surface area contributed by atoms with E-state index in [4.69, 9.17) is 9.15 Å². The average molecular weight is 294 g/mol. The lowest BCUT2D eigenvalue weighted by molar-refractivity contribution is -0.187. The van der Waals surface area contributed by atoms with E-state index in [1.165, 1.54) is 12.7 Å². The van der Waals surface area contributed by atoms with Gasteiger partial charge in [0.2, 0.25) is 5.91 Å². The second kappa shape index (κ2) is 5.12. The standard InChI is InChI=1S/C13H18N4O4/c1-14-11(18)10-4-21-13(5-16(10)2)6-17(7-13)12(19)9-3-20-8-15-9/h3,8,10H,4-7H2,1-2H3,(H,14,18). The van der Waals surface area contributed by atoms with Crippen LogP contribution >= 0.6 is 0 Å². The lowest BCUT2D eigenvalue weighted by Gasteiger charge is -2.54. The highest BCUT2D eigenvalue weighted by Gasteiger charge is 2.51. The fourth-order valence-electron chi connectivity index (χ4n) is 2.90. The summed E-state index contributed by atoms with van der Waals surface area (Å²) in [6.45, 7) is 1.96. The average Bonchev–Trinajstić information content (AvgIpc) is 2.97. The van der Waals surface area contributed by atoms with Gasteiger partial charge in [0.25, 0.3) is 5.91 Å². The molecule has 2 fully saturated rings. The van der Waals surface area contributed by atoms with Crippen LogP contribution in [0.25, 0.3) is 0 Å².